The Morgan fingerprint density at radius 2 is 1.87 bits per heavy atom. The number of aromatic nitrogens is 1. The van der Waals surface area contributed by atoms with E-state index in [-0.39, 0.29) is 32.4 Å². The highest BCUT2D eigenvalue weighted by molar-refractivity contribution is 7.59. The lowest BCUT2D eigenvalue weighted by atomic mass is 9.98. The van der Waals surface area contributed by atoms with Gasteiger partial charge in [-0.1, -0.05) is 41.4 Å². The average Bonchev–Trinajstić information content (AvgIpc) is 3.00. The average molecular weight is 469 g/mol. The Kier molecular flexibility index (Phi) is 7.82. The number of nitrogens with one attached hydrogen (secondary N) is 1. The molecular weight excluding hydrogens is 447 g/mol. The van der Waals surface area contributed by atoms with Crippen LogP contribution in [0.15, 0.2) is 36.4 Å². The molecular formula is C21H22Cl2N2O4S. The summed E-state index contributed by atoms with van der Waals surface area (Å²) in [5.74, 6) is -1.29. The SMILES string of the molecule is Cc1cc(CC(=O)O)ccc1[C@@H](CO)NC(=O)c1cc2c(Cl)c(Cl)ccc2n1C.S. The fourth-order valence-electron chi connectivity index (χ4n) is 3.43. The molecule has 0 aliphatic rings. The largest absolute Gasteiger partial charge is 0.481 e. The number of aliphatic hydroxyl groups is 1. The number of carboxylic acids is 1. The molecule has 0 aliphatic heterocycles. The summed E-state index contributed by atoms with van der Waals surface area (Å²) >= 11 is 12.3. The van der Waals surface area contributed by atoms with Crippen LogP contribution in [-0.2, 0) is 18.3 Å². The van der Waals surface area contributed by atoms with Gasteiger partial charge in [0.15, 0.2) is 0 Å². The second-order valence-electron chi connectivity index (χ2n) is 6.85. The van der Waals surface area contributed by atoms with E-state index >= 15 is 0 Å². The predicted molar refractivity (Wildman–Crippen MR) is 123 cm³/mol. The zero-order chi connectivity index (χ0) is 21.3. The summed E-state index contributed by atoms with van der Waals surface area (Å²) in [6, 6.07) is 9.64. The Labute approximate surface area is 190 Å². The van der Waals surface area contributed by atoms with Gasteiger partial charge in [0.2, 0.25) is 0 Å². The van der Waals surface area contributed by atoms with Crippen molar-refractivity contribution < 1.29 is 19.8 Å². The number of benzene rings is 2. The Balaban J connectivity index is 0.00000320. The van der Waals surface area contributed by atoms with Crippen molar-refractivity contribution in [2.75, 3.05) is 6.61 Å². The van der Waals surface area contributed by atoms with Crippen LogP contribution in [0, 0.1) is 6.92 Å². The molecule has 0 fully saturated rings. The number of halogens is 2. The Morgan fingerprint density at radius 1 is 1.17 bits per heavy atom. The maximum atomic E-state index is 12.9. The molecule has 6 nitrogen and oxygen atoms in total. The van der Waals surface area contributed by atoms with Crippen molar-refractivity contribution >= 4 is 59.5 Å². The lowest BCUT2D eigenvalue weighted by Gasteiger charge is -2.19. The summed E-state index contributed by atoms with van der Waals surface area (Å²) in [6.45, 7) is 1.51. The number of amides is 1. The smallest absolute Gasteiger partial charge is 0.307 e. The molecule has 1 amide bonds. The third-order valence-corrected chi connectivity index (χ3v) is 5.72. The van der Waals surface area contributed by atoms with Gasteiger partial charge in [0.05, 0.1) is 29.1 Å². The second kappa shape index (κ2) is 9.75. The molecule has 0 aliphatic carbocycles. The highest BCUT2D eigenvalue weighted by Crippen LogP contribution is 2.32. The van der Waals surface area contributed by atoms with Crippen molar-refractivity contribution in [2.24, 2.45) is 7.05 Å². The first kappa shape index (κ1) is 24.1. The fourth-order valence-corrected chi connectivity index (χ4v) is 3.81. The molecule has 2 aromatic carbocycles. The zero-order valence-corrected chi connectivity index (χ0v) is 18.9. The fraction of sp³-hybridized carbons (Fsp3) is 0.238. The quantitative estimate of drug-likeness (QED) is 0.509. The van der Waals surface area contributed by atoms with E-state index in [1.807, 2.05) is 6.92 Å². The van der Waals surface area contributed by atoms with Gasteiger partial charge in [-0.15, -0.1) is 0 Å². The van der Waals surface area contributed by atoms with Gasteiger partial charge in [0, 0.05) is 18.0 Å². The Hall–Kier alpha value is -2.19. The molecule has 30 heavy (non-hydrogen) atoms. The molecule has 0 radical (unpaired) electrons. The number of rotatable bonds is 6. The molecule has 0 unspecified atom stereocenters. The summed E-state index contributed by atoms with van der Waals surface area (Å²) in [5.41, 5.74) is 3.30. The van der Waals surface area contributed by atoms with E-state index in [1.165, 1.54) is 0 Å². The van der Waals surface area contributed by atoms with Crippen LogP contribution in [0.25, 0.3) is 10.9 Å². The van der Waals surface area contributed by atoms with Gasteiger partial charge >= 0.3 is 5.97 Å². The molecule has 1 atom stereocenters. The minimum atomic E-state index is -0.918. The highest BCUT2D eigenvalue weighted by atomic mass is 35.5. The molecule has 160 valence electrons. The van der Waals surface area contributed by atoms with Crippen molar-refractivity contribution in [3.63, 3.8) is 0 Å². The molecule has 9 heteroatoms. The number of nitrogens with zero attached hydrogens (tertiary/aromatic N) is 1. The Morgan fingerprint density at radius 3 is 2.47 bits per heavy atom. The monoisotopic (exact) mass is 468 g/mol. The minimum Gasteiger partial charge on any atom is -0.481 e. The number of carbonyl (C=O) groups excluding carboxylic acids is 1. The van der Waals surface area contributed by atoms with Crippen molar-refractivity contribution in [3.8, 4) is 0 Å². The van der Waals surface area contributed by atoms with Gasteiger partial charge in [0.25, 0.3) is 5.91 Å². The van der Waals surface area contributed by atoms with Gasteiger partial charge in [0.1, 0.15) is 5.69 Å². The van der Waals surface area contributed by atoms with Crippen molar-refractivity contribution in [2.45, 2.75) is 19.4 Å². The van der Waals surface area contributed by atoms with E-state index in [1.54, 1.807) is 48.0 Å². The third kappa shape index (κ3) is 4.75. The molecule has 3 aromatic rings. The molecule has 0 saturated carbocycles. The first-order valence-corrected chi connectivity index (χ1v) is 9.65. The molecule has 1 aromatic heterocycles. The topological polar surface area (TPSA) is 91.6 Å². The molecule has 3 rings (SSSR count). The third-order valence-electron chi connectivity index (χ3n) is 4.90. The van der Waals surface area contributed by atoms with Crippen LogP contribution in [0.3, 0.4) is 0 Å². The van der Waals surface area contributed by atoms with Crippen LogP contribution in [0.2, 0.25) is 10.0 Å². The summed E-state index contributed by atoms with van der Waals surface area (Å²) in [6.07, 6.45) is -0.0868. The zero-order valence-electron chi connectivity index (χ0n) is 16.4. The van der Waals surface area contributed by atoms with E-state index < -0.39 is 12.0 Å². The summed E-state index contributed by atoms with van der Waals surface area (Å²) in [7, 11) is 1.75. The lowest BCUT2D eigenvalue weighted by Crippen LogP contribution is -2.32. The standard InChI is InChI=1S/C21H20Cl2N2O4.H2S/c1-11-7-12(8-19(27)28)3-4-13(11)16(10-26)24-21(29)18-9-14-17(25(18)2)6-5-15(22)20(14)23;/h3-7,9,16,26H,8,10H2,1-2H3,(H,24,29)(H,27,28);1H2/t16-;/m1./s1. The normalized spacial score (nSPS) is 11.8. The van der Waals surface area contributed by atoms with Crippen LogP contribution in [-0.4, -0.2) is 33.3 Å². The molecule has 0 spiro atoms. The van der Waals surface area contributed by atoms with Crippen LogP contribution < -0.4 is 5.32 Å². The number of carboxylic acid groups (broad SMARTS) is 1. The maximum Gasteiger partial charge on any atom is 0.307 e. The highest BCUT2D eigenvalue weighted by Gasteiger charge is 2.21. The number of aryl methyl sites for hydroxylation is 2. The van der Waals surface area contributed by atoms with Crippen molar-refractivity contribution in [1.82, 2.24) is 9.88 Å². The van der Waals surface area contributed by atoms with E-state index in [9.17, 15) is 14.7 Å². The van der Waals surface area contributed by atoms with E-state index in [0.717, 1.165) is 16.6 Å². The van der Waals surface area contributed by atoms with Gasteiger partial charge in [-0.3, -0.25) is 9.59 Å². The van der Waals surface area contributed by atoms with Gasteiger partial charge in [-0.25, -0.2) is 0 Å². The van der Waals surface area contributed by atoms with Crippen molar-refractivity contribution in [1.29, 1.82) is 0 Å². The van der Waals surface area contributed by atoms with E-state index in [4.69, 9.17) is 28.3 Å². The minimum absolute atomic E-state index is 0. The summed E-state index contributed by atoms with van der Waals surface area (Å²) in [5, 5.41) is 23.1. The number of aliphatic hydroxyl groups excluding tert-OH is 1. The number of hydrogen-bond acceptors (Lipinski definition) is 3. The molecule has 0 saturated heterocycles. The molecule has 0 bridgehead atoms. The van der Waals surface area contributed by atoms with Crippen LogP contribution >= 0.6 is 36.7 Å². The van der Waals surface area contributed by atoms with Crippen LogP contribution in [0.1, 0.15) is 33.2 Å². The van der Waals surface area contributed by atoms with Crippen LogP contribution in [0.5, 0.6) is 0 Å². The molecule has 1 heterocycles. The number of hydrogen-bond donors (Lipinski definition) is 3. The van der Waals surface area contributed by atoms with E-state index in [2.05, 4.69) is 5.32 Å². The number of aliphatic carboxylic acids is 1. The number of carbonyl (C=O) groups is 2. The Bertz CT molecular complexity index is 1110. The summed E-state index contributed by atoms with van der Waals surface area (Å²) in [4.78, 5) is 23.8. The van der Waals surface area contributed by atoms with Crippen LogP contribution in [0.4, 0.5) is 0 Å². The lowest BCUT2D eigenvalue weighted by molar-refractivity contribution is -0.136. The van der Waals surface area contributed by atoms with Gasteiger partial charge < -0.3 is 20.1 Å². The van der Waals surface area contributed by atoms with E-state index in [0.29, 0.717) is 26.7 Å². The second-order valence-corrected chi connectivity index (χ2v) is 7.64. The first-order valence-electron chi connectivity index (χ1n) is 8.89. The first-order chi connectivity index (χ1) is 13.7. The predicted octanol–water partition coefficient (Wildman–Crippen LogP) is 4.00. The maximum absolute atomic E-state index is 12.9. The van der Waals surface area contributed by atoms with Crippen molar-refractivity contribution in [3.05, 3.63) is 68.8 Å². The summed E-state index contributed by atoms with van der Waals surface area (Å²) < 4.78 is 1.71. The van der Waals surface area contributed by atoms with Gasteiger partial charge in [-0.05, 0) is 41.8 Å². The van der Waals surface area contributed by atoms with Gasteiger partial charge in [-0.2, -0.15) is 13.5 Å². The molecule has 3 N–H and O–H groups in total. The number of fused-ring (bicyclic) bond motifs is 1.